The maximum absolute atomic E-state index is 13.2. The van der Waals surface area contributed by atoms with Gasteiger partial charge in [-0.25, -0.2) is 9.37 Å². The van der Waals surface area contributed by atoms with Gasteiger partial charge in [0.05, 0.1) is 12.2 Å². The second kappa shape index (κ2) is 8.52. The molecule has 2 amide bonds. The SMILES string of the molecule is Cn1c(C(=O)N(Cc2ccc(F)cc2)Cc2ccccn2)nc(C(N)=O)c(O)c1=O. The Labute approximate surface area is 170 Å². The zero-order valence-electron chi connectivity index (χ0n) is 15.9. The number of nitrogens with zero attached hydrogens (tertiary/aromatic N) is 4. The number of hydrogen-bond acceptors (Lipinski definition) is 6. The first-order valence-corrected chi connectivity index (χ1v) is 8.81. The summed E-state index contributed by atoms with van der Waals surface area (Å²) in [5, 5.41) is 9.82. The van der Waals surface area contributed by atoms with E-state index in [0.717, 1.165) is 4.57 Å². The van der Waals surface area contributed by atoms with E-state index in [1.165, 1.54) is 36.2 Å². The molecule has 0 fully saturated rings. The molecule has 0 unspecified atom stereocenters. The van der Waals surface area contributed by atoms with Crippen molar-refractivity contribution in [3.05, 3.63) is 87.6 Å². The fourth-order valence-corrected chi connectivity index (χ4v) is 2.79. The van der Waals surface area contributed by atoms with Crippen LogP contribution < -0.4 is 11.3 Å². The summed E-state index contributed by atoms with van der Waals surface area (Å²) in [5.74, 6) is -3.59. The van der Waals surface area contributed by atoms with Gasteiger partial charge in [-0.2, -0.15) is 0 Å². The number of nitrogens with two attached hydrogens (primary N) is 1. The molecule has 0 saturated carbocycles. The van der Waals surface area contributed by atoms with Crippen LogP contribution in [-0.4, -0.2) is 36.4 Å². The predicted octanol–water partition coefficient (Wildman–Crippen LogP) is 0.962. The number of primary amides is 1. The Morgan fingerprint density at radius 2 is 1.87 bits per heavy atom. The molecule has 154 valence electrons. The number of pyridine rings is 1. The van der Waals surface area contributed by atoms with Crippen molar-refractivity contribution >= 4 is 11.8 Å². The number of benzene rings is 1. The van der Waals surface area contributed by atoms with E-state index in [4.69, 9.17) is 5.73 Å². The number of carbonyl (C=O) groups is 2. The summed E-state index contributed by atoms with van der Waals surface area (Å²) in [4.78, 5) is 46.4. The standard InChI is InChI=1S/C20H18FN5O4/c1-25-18(24-15(17(22)28)16(27)19(25)29)20(30)26(11-14-4-2-3-9-23-14)10-12-5-7-13(21)8-6-12/h2-9,27H,10-11H2,1H3,(H2,22,28). The Kier molecular flexibility index (Phi) is 5.86. The summed E-state index contributed by atoms with van der Waals surface area (Å²) in [6.45, 7) is 0.109. The van der Waals surface area contributed by atoms with Crippen molar-refractivity contribution in [2.45, 2.75) is 13.1 Å². The van der Waals surface area contributed by atoms with Crippen molar-refractivity contribution in [3.8, 4) is 5.75 Å². The van der Waals surface area contributed by atoms with Gasteiger partial charge in [-0.3, -0.25) is 23.9 Å². The van der Waals surface area contributed by atoms with Gasteiger partial charge in [-0.1, -0.05) is 18.2 Å². The maximum atomic E-state index is 13.2. The van der Waals surface area contributed by atoms with E-state index in [9.17, 15) is 23.9 Å². The molecule has 2 heterocycles. The Morgan fingerprint density at radius 1 is 1.17 bits per heavy atom. The van der Waals surface area contributed by atoms with Crippen LogP contribution in [0.15, 0.2) is 53.5 Å². The lowest BCUT2D eigenvalue weighted by Gasteiger charge is -2.23. The number of amides is 2. The minimum Gasteiger partial charge on any atom is -0.501 e. The molecule has 10 heteroatoms. The molecule has 3 aromatic rings. The highest BCUT2D eigenvalue weighted by atomic mass is 19.1. The van der Waals surface area contributed by atoms with Gasteiger partial charge in [-0.05, 0) is 29.8 Å². The molecule has 0 spiro atoms. The van der Waals surface area contributed by atoms with Crippen LogP contribution in [0.4, 0.5) is 4.39 Å². The first-order valence-electron chi connectivity index (χ1n) is 8.81. The quantitative estimate of drug-likeness (QED) is 0.621. The first kappa shape index (κ1) is 20.6. The maximum Gasteiger partial charge on any atom is 0.296 e. The summed E-state index contributed by atoms with van der Waals surface area (Å²) in [5.41, 5.74) is 4.67. The monoisotopic (exact) mass is 411 g/mol. The summed E-state index contributed by atoms with van der Waals surface area (Å²) in [6, 6.07) is 10.8. The Hall–Kier alpha value is -4.08. The lowest BCUT2D eigenvalue weighted by Crippen LogP contribution is -2.37. The second-order valence-corrected chi connectivity index (χ2v) is 6.47. The molecule has 0 bridgehead atoms. The van der Waals surface area contributed by atoms with Gasteiger partial charge in [-0.15, -0.1) is 0 Å². The van der Waals surface area contributed by atoms with Crippen LogP contribution in [0.1, 0.15) is 32.4 Å². The van der Waals surface area contributed by atoms with Crippen molar-refractivity contribution in [2.75, 3.05) is 0 Å². The minimum absolute atomic E-state index is 0.0539. The Bertz CT molecular complexity index is 1150. The largest absolute Gasteiger partial charge is 0.501 e. The molecule has 0 aliphatic carbocycles. The van der Waals surface area contributed by atoms with E-state index >= 15 is 0 Å². The fraction of sp³-hybridized carbons (Fsp3) is 0.150. The number of aromatic nitrogens is 3. The van der Waals surface area contributed by atoms with Gasteiger partial charge in [0.25, 0.3) is 17.4 Å². The number of rotatable bonds is 6. The molecule has 2 aromatic heterocycles. The summed E-state index contributed by atoms with van der Waals surface area (Å²) in [7, 11) is 1.24. The molecular weight excluding hydrogens is 393 g/mol. The van der Waals surface area contributed by atoms with Crippen molar-refractivity contribution in [2.24, 2.45) is 12.8 Å². The van der Waals surface area contributed by atoms with Crippen LogP contribution in [-0.2, 0) is 20.1 Å². The first-order chi connectivity index (χ1) is 14.3. The van der Waals surface area contributed by atoms with Gasteiger partial charge < -0.3 is 15.7 Å². The molecule has 0 radical (unpaired) electrons. The van der Waals surface area contributed by atoms with Gasteiger partial charge in [0.15, 0.2) is 5.69 Å². The van der Waals surface area contributed by atoms with Gasteiger partial charge in [0.1, 0.15) is 5.82 Å². The Morgan fingerprint density at radius 3 is 2.47 bits per heavy atom. The smallest absolute Gasteiger partial charge is 0.296 e. The predicted molar refractivity (Wildman–Crippen MR) is 104 cm³/mol. The van der Waals surface area contributed by atoms with E-state index in [1.54, 1.807) is 24.4 Å². The van der Waals surface area contributed by atoms with E-state index in [0.29, 0.717) is 11.3 Å². The highest BCUT2D eigenvalue weighted by Gasteiger charge is 2.26. The number of aromatic hydroxyl groups is 1. The lowest BCUT2D eigenvalue weighted by atomic mass is 10.2. The molecule has 0 atom stereocenters. The van der Waals surface area contributed by atoms with Crippen LogP contribution in [0.5, 0.6) is 5.75 Å². The van der Waals surface area contributed by atoms with Crippen LogP contribution in [0.2, 0.25) is 0 Å². The van der Waals surface area contributed by atoms with Crippen LogP contribution in [0, 0.1) is 5.82 Å². The molecule has 1 aromatic carbocycles. The number of hydrogen-bond donors (Lipinski definition) is 2. The molecule has 3 rings (SSSR count). The molecule has 0 saturated heterocycles. The van der Waals surface area contributed by atoms with E-state index in [-0.39, 0.29) is 18.9 Å². The highest BCUT2D eigenvalue weighted by Crippen LogP contribution is 2.15. The zero-order chi connectivity index (χ0) is 21.8. The molecule has 0 aliphatic heterocycles. The molecule has 0 aliphatic rings. The molecule has 3 N–H and O–H groups in total. The van der Waals surface area contributed by atoms with Crippen molar-refractivity contribution in [1.29, 1.82) is 0 Å². The third kappa shape index (κ3) is 4.32. The van der Waals surface area contributed by atoms with Crippen LogP contribution in [0.3, 0.4) is 0 Å². The van der Waals surface area contributed by atoms with Gasteiger partial charge in [0.2, 0.25) is 11.6 Å². The number of carbonyl (C=O) groups excluding carboxylic acids is 2. The van der Waals surface area contributed by atoms with Crippen molar-refractivity contribution in [3.63, 3.8) is 0 Å². The molecule has 30 heavy (non-hydrogen) atoms. The third-order valence-electron chi connectivity index (χ3n) is 4.34. The highest BCUT2D eigenvalue weighted by molar-refractivity contribution is 5.96. The molecular formula is C20H18FN5O4. The van der Waals surface area contributed by atoms with Crippen molar-refractivity contribution < 1.29 is 19.1 Å². The zero-order valence-corrected chi connectivity index (χ0v) is 15.9. The topological polar surface area (TPSA) is 131 Å². The van der Waals surface area contributed by atoms with E-state index in [1.807, 2.05) is 0 Å². The van der Waals surface area contributed by atoms with Crippen LogP contribution >= 0.6 is 0 Å². The summed E-state index contributed by atoms with van der Waals surface area (Å²) < 4.78 is 14.1. The van der Waals surface area contributed by atoms with E-state index in [2.05, 4.69) is 9.97 Å². The van der Waals surface area contributed by atoms with Crippen LogP contribution in [0.25, 0.3) is 0 Å². The van der Waals surface area contributed by atoms with Crippen molar-refractivity contribution in [1.82, 2.24) is 19.4 Å². The average Bonchev–Trinajstić information content (AvgIpc) is 2.73. The number of halogens is 1. The fourth-order valence-electron chi connectivity index (χ4n) is 2.79. The van der Waals surface area contributed by atoms with Gasteiger partial charge >= 0.3 is 0 Å². The summed E-state index contributed by atoms with van der Waals surface area (Å²) >= 11 is 0. The average molecular weight is 411 g/mol. The van der Waals surface area contributed by atoms with Gasteiger partial charge in [0, 0.05) is 19.8 Å². The molecule has 9 nitrogen and oxygen atoms in total. The summed E-state index contributed by atoms with van der Waals surface area (Å²) in [6.07, 6.45) is 1.57. The second-order valence-electron chi connectivity index (χ2n) is 6.47. The normalized spacial score (nSPS) is 10.6. The Balaban J connectivity index is 2.04. The lowest BCUT2D eigenvalue weighted by molar-refractivity contribution is 0.0708. The minimum atomic E-state index is -1.14. The van der Waals surface area contributed by atoms with E-state index < -0.39 is 34.6 Å². The third-order valence-corrected chi connectivity index (χ3v) is 4.34.